The molecule has 2 aromatic rings. The second-order valence-electron chi connectivity index (χ2n) is 6.03. The monoisotopic (exact) mass is 341 g/mol. The zero-order valence-electron chi connectivity index (χ0n) is 14.0. The van der Waals surface area contributed by atoms with Gasteiger partial charge in [0.1, 0.15) is 5.75 Å². The predicted octanol–water partition coefficient (Wildman–Crippen LogP) is 1.84. The molecular formula is C19H23N3O3. The molecule has 3 rings (SSSR count). The number of hydrogen-bond acceptors (Lipinski definition) is 6. The van der Waals surface area contributed by atoms with Crippen LogP contribution in [0, 0.1) is 0 Å². The van der Waals surface area contributed by atoms with Gasteiger partial charge in [-0.2, -0.15) is 0 Å². The first-order chi connectivity index (χ1) is 12.1. The molecule has 0 bridgehead atoms. The topological polar surface area (TPSA) is 99.6 Å². The number of benzene rings is 2. The van der Waals surface area contributed by atoms with Crippen LogP contribution in [-0.2, 0) is 4.74 Å². The molecule has 0 aliphatic carbocycles. The lowest BCUT2D eigenvalue weighted by Crippen LogP contribution is -2.39. The first-order valence-corrected chi connectivity index (χ1v) is 8.38. The van der Waals surface area contributed by atoms with Crippen molar-refractivity contribution in [3.05, 3.63) is 53.6 Å². The average Bonchev–Trinajstić information content (AvgIpc) is 2.64. The summed E-state index contributed by atoms with van der Waals surface area (Å²) in [5, 5.41) is 3.29. The van der Waals surface area contributed by atoms with E-state index in [2.05, 4.69) is 5.32 Å². The lowest BCUT2D eigenvalue weighted by Gasteiger charge is -2.23. The van der Waals surface area contributed by atoms with Crippen molar-refractivity contribution in [2.75, 3.05) is 37.8 Å². The van der Waals surface area contributed by atoms with Gasteiger partial charge in [-0.15, -0.1) is 0 Å². The van der Waals surface area contributed by atoms with Crippen molar-refractivity contribution in [2.24, 2.45) is 0 Å². The van der Waals surface area contributed by atoms with E-state index in [-0.39, 0.29) is 11.9 Å². The Balaban J connectivity index is 1.62. The Morgan fingerprint density at radius 3 is 2.76 bits per heavy atom. The van der Waals surface area contributed by atoms with Crippen LogP contribution in [-0.4, -0.2) is 38.2 Å². The minimum atomic E-state index is -0.114. The largest absolute Gasteiger partial charge is 0.493 e. The summed E-state index contributed by atoms with van der Waals surface area (Å²) in [5.41, 5.74) is 13.4. The normalized spacial score (nSPS) is 17.2. The number of nitrogens with two attached hydrogens (primary N) is 2. The van der Waals surface area contributed by atoms with Crippen LogP contribution in [0.25, 0.3) is 0 Å². The molecule has 1 unspecified atom stereocenters. The van der Waals surface area contributed by atoms with Gasteiger partial charge in [0.05, 0.1) is 30.7 Å². The van der Waals surface area contributed by atoms with E-state index < -0.39 is 0 Å². The number of ketones is 1. The molecule has 0 radical (unpaired) electrons. The molecule has 1 aliphatic heterocycles. The van der Waals surface area contributed by atoms with Crippen molar-refractivity contribution >= 4 is 17.2 Å². The lowest BCUT2D eigenvalue weighted by molar-refractivity contribution is 0.0159. The molecule has 1 fully saturated rings. The van der Waals surface area contributed by atoms with E-state index in [1.54, 1.807) is 30.3 Å². The third kappa shape index (κ3) is 4.49. The Morgan fingerprint density at radius 2 is 2.00 bits per heavy atom. The summed E-state index contributed by atoms with van der Waals surface area (Å²) < 4.78 is 11.4. The van der Waals surface area contributed by atoms with Crippen LogP contribution in [0.4, 0.5) is 11.4 Å². The van der Waals surface area contributed by atoms with Gasteiger partial charge in [-0.25, -0.2) is 0 Å². The Bertz CT molecular complexity index is 742. The molecule has 0 saturated carbocycles. The Morgan fingerprint density at radius 1 is 1.16 bits per heavy atom. The standard InChI is InChI=1S/C19H23N3O3/c20-17-5-4-14(11-18(17)21)19(23)13-2-1-3-15(10-13)24-8-6-16-12-22-7-9-25-16/h1-5,10-11,16,22H,6-9,12,20-21H2. The maximum Gasteiger partial charge on any atom is 0.193 e. The smallest absolute Gasteiger partial charge is 0.193 e. The quantitative estimate of drug-likeness (QED) is 0.548. The maximum atomic E-state index is 12.6. The van der Waals surface area contributed by atoms with E-state index in [1.807, 2.05) is 12.1 Å². The van der Waals surface area contributed by atoms with Gasteiger partial charge in [0.2, 0.25) is 0 Å². The second-order valence-corrected chi connectivity index (χ2v) is 6.03. The highest BCUT2D eigenvalue weighted by Gasteiger charge is 2.14. The number of carbonyl (C=O) groups is 1. The van der Waals surface area contributed by atoms with Gasteiger partial charge in [-0.3, -0.25) is 4.79 Å². The molecule has 2 aromatic carbocycles. The van der Waals surface area contributed by atoms with Crippen LogP contribution in [0.1, 0.15) is 22.3 Å². The number of carbonyl (C=O) groups excluding carboxylic acids is 1. The Labute approximate surface area is 147 Å². The molecule has 0 aromatic heterocycles. The number of ether oxygens (including phenoxy) is 2. The average molecular weight is 341 g/mol. The van der Waals surface area contributed by atoms with Crippen LogP contribution < -0.4 is 21.5 Å². The third-order valence-corrected chi connectivity index (χ3v) is 4.16. The Hall–Kier alpha value is -2.57. The second kappa shape index (κ2) is 8.00. The van der Waals surface area contributed by atoms with Gasteiger partial charge in [0.15, 0.2) is 5.78 Å². The molecule has 5 N–H and O–H groups in total. The fraction of sp³-hybridized carbons (Fsp3) is 0.316. The van der Waals surface area contributed by atoms with Crippen LogP contribution in [0.2, 0.25) is 0 Å². The molecule has 0 amide bonds. The zero-order chi connectivity index (χ0) is 17.6. The molecule has 6 heteroatoms. The maximum absolute atomic E-state index is 12.6. The molecule has 132 valence electrons. The van der Waals surface area contributed by atoms with E-state index in [4.69, 9.17) is 20.9 Å². The van der Waals surface area contributed by atoms with Crippen molar-refractivity contribution < 1.29 is 14.3 Å². The van der Waals surface area contributed by atoms with Gasteiger partial charge in [-0.05, 0) is 30.3 Å². The van der Waals surface area contributed by atoms with Crippen molar-refractivity contribution in [2.45, 2.75) is 12.5 Å². The highest BCUT2D eigenvalue weighted by molar-refractivity contribution is 6.10. The Kier molecular flexibility index (Phi) is 5.53. The summed E-state index contributed by atoms with van der Waals surface area (Å²) in [5.74, 6) is 0.551. The van der Waals surface area contributed by atoms with Crippen LogP contribution in [0.15, 0.2) is 42.5 Å². The van der Waals surface area contributed by atoms with Crippen LogP contribution in [0.3, 0.4) is 0 Å². The van der Waals surface area contributed by atoms with Gasteiger partial charge < -0.3 is 26.3 Å². The summed E-state index contributed by atoms with van der Waals surface area (Å²) in [6.45, 7) is 3.02. The van der Waals surface area contributed by atoms with Gasteiger partial charge in [0, 0.05) is 30.6 Å². The summed E-state index contributed by atoms with van der Waals surface area (Å²) in [4.78, 5) is 12.6. The first kappa shape index (κ1) is 17.3. The lowest BCUT2D eigenvalue weighted by atomic mass is 10.0. The molecule has 1 saturated heterocycles. The summed E-state index contributed by atoms with van der Waals surface area (Å²) in [6, 6.07) is 12.1. The first-order valence-electron chi connectivity index (χ1n) is 8.38. The van der Waals surface area contributed by atoms with E-state index in [1.165, 1.54) is 0 Å². The predicted molar refractivity (Wildman–Crippen MR) is 97.9 cm³/mol. The number of anilines is 2. The zero-order valence-corrected chi connectivity index (χ0v) is 14.0. The van der Waals surface area contributed by atoms with E-state index in [0.29, 0.717) is 34.9 Å². The minimum absolute atomic E-state index is 0.114. The highest BCUT2D eigenvalue weighted by atomic mass is 16.5. The third-order valence-electron chi connectivity index (χ3n) is 4.16. The summed E-state index contributed by atoms with van der Waals surface area (Å²) in [7, 11) is 0. The molecule has 1 atom stereocenters. The van der Waals surface area contributed by atoms with Gasteiger partial charge in [-0.1, -0.05) is 12.1 Å². The van der Waals surface area contributed by atoms with Crippen LogP contribution in [0.5, 0.6) is 5.75 Å². The summed E-state index contributed by atoms with van der Waals surface area (Å²) >= 11 is 0. The number of morpholine rings is 1. The number of nitrogen functional groups attached to an aromatic ring is 2. The van der Waals surface area contributed by atoms with Crippen LogP contribution >= 0.6 is 0 Å². The molecule has 25 heavy (non-hydrogen) atoms. The molecule has 6 nitrogen and oxygen atoms in total. The number of rotatable bonds is 6. The van der Waals surface area contributed by atoms with Crippen molar-refractivity contribution in [3.63, 3.8) is 0 Å². The number of nitrogens with one attached hydrogen (secondary N) is 1. The van der Waals surface area contributed by atoms with Gasteiger partial charge >= 0.3 is 0 Å². The SMILES string of the molecule is Nc1ccc(C(=O)c2cccc(OCCC3CNCCO3)c2)cc1N. The minimum Gasteiger partial charge on any atom is -0.493 e. The highest BCUT2D eigenvalue weighted by Crippen LogP contribution is 2.21. The van der Waals surface area contributed by atoms with E-state index in [9.17, 15) is 4.79 Å². The van der Waals surface area contributed by atoms with E-state index in [0.717, 1.165) is 26.1 Å². The van der Waals surface area contributed by atoms with Crippen molar-refractivity contribution in [1.29, 1.82) is 0 Å². The fourth-order valence-electron chi connectivity index (χ4n) is 2.72. The van der Waals surface area contributed by atoms with Gasteiger partial charge in [0.25, 0.3) is 0 Å². The fourth-order valence-corrected chi connectivity index (χ4v) is 2.72. The summed E-state index contributed by atoms with van der Waals surface area (Å²) in [6.07, 6.45) is 0.982. The molecule has 1 aliphatic rings. The van der Waals surface area contributed by atoms with E-state index >= 15 is 0 Å². The number of hydrogen-bond donors (Lipinski definition) is 3. The molecule has 1 heterocycles. The van der Waals surface area contributed by atoms with Crippen molar-refractivity contribution in [1.82, 2.24) is 5.32 Å². The van der Waals surface area contributed by atoms with Crippen molar-refractivity contribution in [3.8, 4) is 5.75 Å². The molecular weight excluding hydrogens is 318 g/mol. The molecule has 0 spiro atoms.